The number of carbonyl (C=O) groups excluding carboxylic acids is 2. The lowest BCUT2D eigenvalue weighted by molar-refractivity contribution is -0.384. The number of hydrogen-bond acceptors (Lipinski definition) is 5. The fraction of sp³-hybridized carbons (Fsp3) is 0.333. The number of nitro benzene ring substituents is 1. The molecule has 0 saturated carbocycles. The van der Waals surface area contributed by atoms with Crippen LogP contribution in [0.4, 0.5) is 17.1 Å². The minimum Gasteiger partial charge on any atom is -0.324 e. The van der Waals surface area contributed by atoms with Crippen LogP contribution in [0.25, 0.3) is 0 Å². The molecule has 0 aliphatic rings. The van der Waals surface area contributed by atoms with Gasteiger partial charge in [0.15, 0.2) is 0 Å². The maximum Gasteiger partial charge on any atom is 0.293 e. The van der Waals surface area contributed by atoms with Gasteiger partial charge < -0.3 is 10.6 Å². The summed E-state index contributed by atoms with van der Waals surface area (Å²) in [7, 11) is 1.64. The summed E-state index contributed by atoms with van der Waals surface area (Å²) < 4.78 is 0. The highest BCUT2D eigenvalue weighted by Crippen LogP contribution is 2.25. The van der Waals surface area contributed by atoms with E-state index in [4.69, 9.17) is 0 Å². The molecule has 0 unspecified atom stereocenters. The normalized spacial score (nSPS) is 10.7. The van der Waals surface area contributed by atoms with Gasteiger partial charge in [0, 0.05) is 11.8 Å². The molecule has 0 radical (unpaired) electrons. The number of anilines is 2. The van der Waals surface area contributed by atoms with Gasteiger partial charge >= 0.3 is 0 Å². The van der Waals surface area contributed by atoms with Crippen molar-refractivity contribution in [2.45, 2.75) is 27.7 Å². The second-order valence-corrected chi connectivity index (χ2v) is 7.32. The molecule has 0 aliphatic carbocycles. The number of hydrogen-bond donors (Lipinski definition) is 2. The Bertz CT molecular complexity index is 933. The number of aryl methyl sites for hydroxylation is 4. The standard InChI is InChI=1S/C21H26N4O4/c1-13-6-7-17(18(10-13)25(28)29)22-19(26)11-24(5)12-20(27)23-21-15(3)8-14(2)9-16(21)4/h6-10H,11-12H2,1-5H3,(H,22,26)(H,23,27). The van der Waals surface area contributed by atoms with Crippen LogP contribution in [0, 0.1) is 37.8 Å². The molecule has 0 fully saturated rings. The molecule has 8 nitrogen and oxygen atoms in total. The van der Waals surface area contributed by atoms with E-state index in [-0.39, 0.29) is 30.4 Å². The molecule has 0 aliphatic heterocycles. The van der Waals surface area contributed by atoms with E-state index in [0.717, 1.165) is 27.9 Å². The van der Waals surface area contributed by atoms with Gasteiger partial charge in [0.2, 0.25) is 11.8 Å². The number of benzene rings is 2. The van der Waals surface area contributed by atoms with Gasteiger partial charge in [-0.3, -0.25) is 24.6 Å². The summed E-state index contributed by atoms with van der Waals surface area (Å²) in [4.78, 5) is 36.8. The molecule has 29 heavy (non-hydrogen) atoms. The minimum atomic E-state index is -0.536. The number of nitro groups is 1. The van der Waals surface area contributed by atoms with E-state index >= 15 is 0 Å². The summed E-state index contributed by atoms with van der Waals surface area (Å²) in [5.74, 6) is -0.674. The third-order valence-corrected chi connectivity index (χ3v) is 4.39. The van der Waals surface area contributed by atoms with Crippen LogP contribution in [-0.4, -0.2) is 41.8 Å². The summed E-state index contributed by atoms with van der Waals surface area (Å²) in [6.07, 6.45) is 0. The van der Waals surface area contributed by atoms with Crippen molar-refractivity contribution in [2.75, 3.05) is 30.8 Å². The van der Waals surface area contributed by atoms with Crippen molar-refractivity contribution in [3.63, 3.8) is 0 Å². The molecule has 2 aromatic rings. The summed E-state index contributed by atoms with van der Waals surface area (Å²) >= 11 is 0. The van der Waals surface area contributed by atoms with Crippen LogP contribution >= 0.6 is 0 Å². The van der Waals surface area contributed by atoms with Crippen molar-refractivity contribution in [1.82, 2.24) is 4.90 Å². The molecule has 2 aromatic carbocycles. The van der Waals surface area contributed by atoms with Gasteiger partial charge in [-0.1, -0.05) is 23.8 Å². The Kier molecular flexibility index (Phi) is 7.06. The van der Waals surface area contributed by atoms with E-state index in [1.807, 2.05) is 32.9 Å². The molecule has 2 N–H and O–H groups in total. The Morgan fingerprint density at radius 3 is 2.03 bits per heavy atom. The third kappa shape index (κ3) is 6.11. The molecule has 0 aromatic heterocycles. The minimum absolute atomic E-state index is 0.0101. The zero-order valence-corrected chi connectivity index (χ0v) is 17.3. The molecule has 0 heterocycles. The van der Waals surface area contributed by atoms with E-state index < -0.39 is 10.8 Å². The topological polar surface area (TPSA) is 105 Å². The maximum absolute atomic E-state index is 12.4. The molecule has 8 heteroatoms. The predicted octanol–water partition coefficient (Wildman–Crippen LogP) is 3.34. The van der Waals surface area contributed by atoms with Gasteiger partial charge in [-0.15, -0.1) is 0 Å². The smallest absolute Gasteiger partial charge is 0.293 e. The van der Waals surface area contributed by atoms with E-state index in [1.54, 1.807) is 24.9 Å². The van der Waals surface area contributed by atoms with Gasteiger partial charge in [-0.25, -0.2) is 0 Å². The molecular weight excluding hydrogens is 372 g/mol. The van der Waals surface area contributed by atoms with Crippen LogP contribution in [0.3, 0.4) is 0 Å². The molecule has 0 bridgehead atoms. The molecule has 0 atom stereocenters. The van der Waals surface area contributed by atoms with Crippen molar-refractivity contribution in [1.29, 1.82) is 0 Å². The number of rotatable bonds is 7. The molecule has 0 saturated heterocycles. The Balaban J connectivity index is 1.95. The van der Waals surface area contributed by atoms with Gasteiger partial charge in [0.25, 0.3) is 5.69 Å². The van der Waals surface area contributed by atoms with Crippen molar-refractivity contribution < 1.29 is 14.5 Å². The average molecular weight is 398 g/mol. The first-order valence-electron chi connectivity index (χ1n) is 9.18. The Hall–Kier alpha value is -3.26. The molecule has 0 spiro atoms. The number of amides is 2. The fourth-order valence-electron chi connectivity index (χ4n) is 3.19. The summed E-state index contributed by atoms with van der Waals surface area (Å²) in [5.41, 5.74) is 4.54. The van der Waals surface area contributed by atoms with Gasteiger partial charge in [0.1, 0.15) is 5.69 Å². The first-order valence-corrected chi connectivity index (χ1v) is 9.18. The lowest BCUT2D eigenvalue weighted by atomic mass is 10.1. The van der Waals surface area contributed by atoms with Crippen LogP contribution in [0.5, 0.6) is 0 Å². The van der Waals surface area contributed by atoms with Gasteiger partial charge in [-0.05, 0) is 57.5 Å². The highest BCUT2D eigenvalue weighted by molar-refractivity contribution is 5.96. The first kappa shape index (κ1) is 22.0. The van der Waals surface area contributed by atoms with Crippen molar-refractivity contribution in [2.24, 2.45) is 0 Å². The fourth-order valence-corrected chi connectivity index (χ4v) is 3.19. The second kappa shape index (κ2) is 9.29. The SMILES string of the molecule is Cc1cc(C)c(NC(=O)CN(C)CC(=O)Nc2ccc(C)cc2[N+](=O)[O-])c(C)c1. The number of likely N-dealkylation sites (N-methyl/N-ethyl adjacent to an activating group) is 1. The quantitative estimate of drug-likeness (QED) is 0.550. The molecular formula is C21H26N4O4. The maximum atomic E-state index is 12.4. The highest BCUT2D eigenvalue weighted by atomic mass is 16.6. The summed E-state index contributed by atoms with van der Waals surface area (Å²) in [6.45, 7) is 7.53. The molecule has 2 amide bonds. The average Bonchev–Trinajstić information content (AvgIpc) is 2.59. The van der Waals surface area contributed by atoms with Crippen LogP contribution in [0.1, 0.15) is 22.3 Å². The van der Waals surface area contributed by atoms with Crippen molar-refractivity contribution in [3.8, 4) is 0 Å². The summed E-state index contributed by atoms with van der Waals surface area (Å²) in [5, 5.41) is 16.6. The van der Waals surface area contributed by atoms with E-state index in [2.05, 4.69) is 10.6 Å². The van der Waals surface area contributed by atoms with Crippen LogP contribution in [0.2, 0.25) is 0 Å². The zero-order valence-electron chi connectivity index (χ0n) is 17.3. The summed E-state index contributed by atoms with van der Waals surface area (Å²) in [6, 6.07) is 8.58. The van der Waals surface area contributed by atoms with E-state index in [1.165, 1.54) is 12.1 Å². The van der Waals surface area contributed by atoms with Gasteiger partial charge in [-0.2, -0.15) is 0 Å². The van der Waals surface area contributed by atoms with Crippen LogP contribution in [0.15, 0.2) is 30.3 Å². The van der Waals surface area contributed by atoms with Crippen molar-refractivity contribution >= 4 is 28.9 Å². The predicted molar refractivity (Wildman–Crippen MR) is 113 cm³/mol. The zero-order chi connectivity index (χ0) is 21.7. The number of nitrogens with one attached hydrogen (secondary N) is 2. The second-order valence-electron chi connectivity index (χ2n) is 7.32. The first-order chi connectivity index (χ1) is 13.6. The molecule has 154 valence electrons. The van der Waals surface area contributed by atoms with Crippen molar-refractivity contribution in [3.05, 3.63) is 62.7 Å². The number of nitrogens with zero attached hydrogens (tertiary/aromatic N) is 2. The third-order valence-electron chi connectivity index (χ3n) is 4.39. The van der Waals surface area contributed by atoms with E-state index in [0.29, 0.717) is 0 Å². The Labute approximate surface area is 170 Å². The largest absolute Gasteiger partial charge is 0.324 e. The monoisotopic (exact) mass is 398 g/mol. The Morgan fingerprint density at radius 2 is 1.48 bits per heavy atom. The lowest BCUT2D eigenvalue weighted by Gasteiger charge is -2.18. The van der Waals surface area contributed by atoms with Crippen LogP contribution < -0.4 is 10.6 Å². The van der Waals surface area contributed by atoms with E-state index in [9.17, 15) is 19.7 Å². The lowest BCUT2D eigenvalue weighted by Crippen LogP contribution is -2.36. The highest BCUT2D eigenvalue weighted by Gasteiger charge is 2.18. The number of carbonyl (C=O) groups is 2. The van der Waals surface area contributed by atoms with Gasteiger partial charge in [0.05, 0.1) is 18.0 Å². The Morgan fingerprint density at radius 1 is 0.931 bits per heavy atom. The molecule has 2 rings (SSSR count). The van der Waals surface area contributed by atoms with Crippen LogP contribution in [-0.2, 0) is 9.59 Å².